The van der Waals surface area contributed by atoms with Crippen molar-refractivity contribution in [2.24, 2.45) is 0 Å². The molecule has 0 unspecified atom stereocenters. The molecule has 0 spiro atoms. The van der Waals surface area contributed by atoms with Gasteiger partial charge in [0.05, 0.1) is 70.1 Å². The highest BCUT2D eigenvalue weighted by Crippen LogP contribution is 2.41. The standard InChI is InChI=1S/C86H99NO25/c1-54-71(99-48-60-33-17-8-18-34-60)70(92)76(108-81(93)64-41-25-12-26-42-64)85(104-54)112-79-77(102-51-63-39-23-11-24-40-63)73(101-50-62-37-21-10-22-38-62)66(52-96-47-59-31-15-7-16-32-59)107-86(79)110-75-69(87-56(3)88)83(106-67(53-98-57(4)89)74(75)105-58(5)90)111-78-72(100-49-61-35-19-9-20-36-61)55(2)103-84(97-46-30-14-29-45-68(91)95-6)80(78)109-82(94)65-43-27-13-28-44-65/h7-13,15-28,31-44,54-55,66-67,69-80,83-86,92H,14,29-30,45-53H2,1-6H3,(H,87,88)/t54-,55-,66+,67+,69+,70+,71-,72-,73+,74+,75+,76+,77-,78+,79+,80+,83+,84+,85-,86+/m0/s1. The zero-order chi connectivity index (χ0) is 78.7. The number of benzene rings is 7. The first-order valence-corrected chi connectivity index (χ1v) is 37.7. The highest BCUT2D eigenvalue weighted by atomic mass is 16.8. The van der Waals surface area contributed by atoms with Crippen molar-refractivity contribution in [3.05, 3.63) is 251 Å². The fourth-order valence-corrected chi connectivity index (χ4v) is 13.8. The summed E-state index contributed by atoms with van der Waals surface area (Å²) in [6.45, 7) is 6.06. The molecule has 1 amide bonds. The maximum atomic E-state index is 14.7. The van der Waals surface area contributed by atoms with Crippen LogP contribution in [0.1, 0.15) is 109 Å². The van der Waals surface area contributed by atoms with E-state index in [-0.39, 0.29) is 69.8 Å². The summed E-state index contributed by atoms with van der Waals surface area (Å²) in [4.78, 5) is 83.0. The molecule has 11 rings (SSSR count). The number of hydrogen-bond donors (Lipinski definition) is 2. The number of carbonyl (C=O) groups excluding carboxylic acids is 6. The molecule has 4 heterocycles. The van der Waals surface area contributed by atoms with Gasteiger partial charge in [0.25, 0.3) is 0 Å². The summed E-state index contributed by atoms with van der Waals surface area (Å²) in [5, 5.41) is 15.9. The van der Waals surface area contributed by atoms with Gasteiger partial charge in [0.1, 0.15) is 73.7 Å². The third-order valence-corrected chi connectivity index (χ3v) is 19.3. The molecule has 4 aliphatic rings. The Labute approximate surface area is 651 Å². The van der Waals surface area contributed by atoms with Gasteiger partial charge in [-0.05, 0) is 78.8 Å². The van der Waals surface area contributed by atoms with Gasteiger partial charge in [0.2, 0.25) is 5.91 Å². The number of ether oxygens (including phenoxy) is 18. The number of rotatable bonds is 37. The molecule has 20 atom stereocenters. The van der Waals surface area contributed by atoms with Crippen molar-refractivity contribution < 1.29 is 119 Å². The molecule has 0 bridgehead atoms. The number of amides is 1. The van der Waals surface area contributed by atoms with Crippen molar-refractivity contribution in [1.82, 2.24) is 5.32 Å². The normalized spacial score (nSPS) is 27.7. The highest BCUT2D eigenvalue weighted by molar-refractivity contribution is 5.90. The third kappa shape index (κ3) is 23.9. The zero-order valence-corrected chi connectivity index (χ0v) is 63.5. The molecule has 4 aliphatic heterocycles. The van der Waals surface area contributed by atoms with E-state index in [0.29, 0.717) is 24.8 Å². The number of unbranched alkanes of at least 4 members (excludes halogenated alkanes) is 2. The SMILES string of the molecule is COC(=O)CCCCCO[C@@H]1O[C@@H](C)[C@H](OCc2ccccc2)[C@@H](O[C@H]2O[C@H](COC(C)=O)[C@@H](OC(C)=O)[C@H](O[C@H]3O[C@H](COCc4ccccc4)[C@@H](OCc4ccccc4)[C@H](OCc4ccccc4)[C@H]3O[C@@H]3O[C@@H](C)[C@H](OCc4ccccc4)[C@@H](O)[C@H]3OC(=O)c3ccccc3)[C@H]2NC(C)=O)[C@H]1OC(=O)c1ccccc1. The van der Waals surface area contributed by atoms with E-state index < -0.39 is 159 Å². The summed E-state index contributed by atoms with van der Waals surface area (Å²) >= 11 is 0. The molecule has 7 aromatic rings. The largest absolute Gasteiger partial charge is 0.469 e. The second-order valence-electron chi connectivity index (χ2n) is 27.7. The number of nitrogens with one attached hydrogen (secondary N) is 1. The van der Waals surface area contributed by atoms with Gasteiger partial charge in [-0.25, -0.2) is 9.59 Å². The molecule has 4 fully saturated rings. The molecule has 0 aliphatic carbocycles. The van der Waals surface area contributed by atoms with Crippen LogP contribution in [0.15, 0.2) is 212 Å². The van der Waals surface area contributed by atoms with Crippen LogP contribution in [0.3, 0.4) is 0 Å². The Morgan fingerprint density at radius 2 is 0.812 bits per heavy atom. The third-order valence-electron chi connectivity index (χ3n) is 19.3. The Morgan fingerprint density at radius 1 is 0.384 bits per heavy atom. The van der Waals surface area contributed by atoms with Crippen LogP contribution in [0.4, 0.5) is 0 Å². The van der Waals surface area contributed by atoms with Gasteiger partial charge in [-0.15, -0.1) is 0 Å². The molecule has 26 heteroatoms. The van der Waals surface area contributed by atoms with E-state index in [1.165, 1.54) is 21.0 Å². The first-order chi connectivity index (χ1) is 54.5. The van der Waals surface area contributed by atoms with Gasteiger partial charge in [0.15, 0.2) is 43.5 Å². The maximum Gasteiger partial charge on any atom is 0.338 e. The van der Waals surface area contributed by atoms with Crippen LogP contribution in [0.2, 0.25) is 0 Å². The van der Waals surface area contributed by atoms with E-state index in [1.807, 2.05) is 152 Å². The minimum Gasteiger partial charge on any atom is -0.469 e. The van der Waals surface area contributed by atoms with Gasteiger partial charge < -0.3 is 95.7 Å². The monoisotopic (exact) mass is 1550 g/mol. The van der Waals surface area contributed by atoms with Crippen LogP contribution in [0.25, 0.3) is 0 Å². The Hall–Kier alpha value is -9.20. The lowest BCUT2D eigenvalue weighted by Gasteiger charge is -2.52. The predicted molar refractivity (Wildman–Crippen MR) is 400 cm³/mol. The van der Waals surface area contributed by atoms with Crippen molar-refractivity contribution in [2.75, 3.05) is 26.9 Å². The summed E-state index contributed by atoms with van der Waals surface area (Å²) in [6, 6.07) is 61.3. The Morgan fingerprint density at radius 3 is 1.32 bits per heavy atom. The molecule has 4 saturated heterocycles. The average molecular weight is 1550 g/mol. The number of esters is 5. The van der Waals surface area contributed by atoms with Crippen LogP contribution < -0.4 is 5.32 Å². The lowest BCUT2D eigenvalue weighted by atomic mass is 9.93. The Kier molecular flexibility index (Phi) is 31.9. The highest BCUT2D eigenvalue weighted by Gasteiger charge is 2.60. The predicted octanol–water partition coefficient (Wildman–Crippen LogP) is 10.2. The summed E-state index contributed by atoms with van der Waals surface area (Å²) in [5.41, 5.74) is 4.09. The summed E-state index contributed by atoms with van der Waals surface area (Å²) in [6.07, 6.45) is -26.2. The molecule has 2 N–H and O–H groups in total. The van der Waals surface area contributed by atoms with Crippen molar-refractivity contribution in [1.29, 1.82) is 0 Å². The summed E-state index contributed by atoms with van der Waals surface area (Å²) in [5.74, 6) is -4.38. The quantitative estimate of drug-likeness (QED) is 0.0208. The number of hydrogen-bond acceptors (Lipinski definition) is 25. The lowest BCUT2D eigenvalue weighted by Crippen LogP contribution is -2.71. The van der Waals surface area contributed by atoms with Gasteiger partial charge in [-0.2, -0.15) is 0 Å². The molecule has 598 valence electrons. The van der Waals surface area contributed by atoms with Crippen LogP contribution in [0.5, 0.6) is 0 Å². The summed E-state index contributed by atoms with van der Waals surface area (Å²) < 4.78 is 121. The van der Waals surface area contributed by atoms with E-state index in [2.05, 4.69) is 5.32 Å². The maximum absolute atomic E-state index is 14.7. The average Bonchev–Trinajstić information content (AvgIpc) is 0.741. The van der Waals surface area contributed by atoms with Gasteiger partial charge >= 0.3 is 29.8 Å². The molecule has 7 aromatic carbocycles. The van der Waals surface area contributed by atoms with Gasteiger partial charge in [-0.3, -0.25) is 19.2 Å². The van der Waals surface area contributed by atoms with E-state index >= 15 is 0 Å². The lowest BCUT2D eigenvalue weighted by molar-refractivity contribution is -0.392. The number of methoxy groups -OCH3 is 1. The van der Waals surface area contributed by atoms with Crippen molar-refractivity contribution in [2.45, 2.75) is 216 Å². The Bertz CT molecular complexity index is 4010. The minimum absolute atomic E-state index is 0.0218. The number of aliphatic hydroxyl groups is 1. The molecular weight excluding hydrogens is 1450 g/mol. The second-order valence-corrected chi connectivity index (χ2v) is 27.7. The number of carbonyl (C=O) groups is 6. The van der Waals surface area contributed by atoms with Crippen molar-refractivity contribution in [3.63, 3.8) is 0 Å². The van der Waals surface area contributed by atoms with Gasteiger partial charge in [-0.1, -0.05) is 194 Å². The fourth-order valence-electron chi connectivity index (χ4n) is 13.8. The Balaban J connectivity index is 1.06. The van der Waals surface area contributed by atoms with Crippen molar-refractivity contribution >= 4 is 35.8 Å². The number of aliphatic hydroxyl groups excluding tert-OH is 1. The van der Waals surface area contributed by atoms with Crippen LogP contribution in [-0.4, -0.2) is 191 Å². The smallest absolute Gasteiger partial charge is 0.338 e. The molecular formula is C86H99NO25. The molecule has 0 radical (unpaired) electrons. The first kappa shape index (κ1) is 83.7. The molecule has 112 heavy (non-hydrogen) atoms. The fraction of sp³-hybridized carbons (Fsp3) is 0.442. The minimum atomic E-state index is -1.85. The van der Waals surface area contributed by atoms with Crippen LogP contribution in [0, 0.1) is 0 Å². The van der Waals surface area contributed by atoms with E-state index in [9.17, 15) is 33.9 Å². The van der Waals surface area contributed by atoms with Crippen LogP contribution >= 0.6 is 0 Å². The first-order valence-electron chi connectivity index (χ1n) is 37.7. The van der Waals surface area contributed by atoms with E-state index in [0.717, 1.165) is 29.2 Å². The van der Waals surface area contributed by atoms with Crippen molar-refractivity contribution in [3.8, 4) is 0 Å². The topological polar surface area (TPSA) is 301 Å². The molecule has 0 aromatic heterocycles. The van der Waals surface area contributed by atoms with E-state index in [4.69, 9.17) is 85.3 Å². The molecule has 26 nitrogen and oxygen atoms in total. The van der Waals surface area contributed by atoms with Crippen LogP contribution in [-0.2, 0) is 137 Å². The summed E-state index contributed by atoms with van der Waals surface area (Å²) in [7, 11) is 1.32. The molecule has 0 saturated carbocycles. The second kappa shape index (κ2) is 42.6. The zero-order valence-electron chi connectivity index (χ0n) is 63.5. The van der Waals surface area contributed by atoms with E-state index in [1.54, 1.807) is 74.5 Å². The van der Waals surface area contributed by atoms with Gasteiger partial charge in [0, 0.05) is 33.8 Å².